The van der Waals surface area contributed by atoms with E-state index >= 15 is 0 Å². The second kappa shape index (κ2) is 5.23. The first-order chi connectivity index (χ1) is 8.20. The van der Waals surface area contributed by atoms with Crippen molar-refractivity contribution >= 4 is 17.5 Å². The van der Waals surface area contributed by atoms with Crippen molar-refractivity contribution in [3.05, 3.63) is 46.7 Å². The minimum atomic E-state index is 0.691. The molecular formula is C13H16ClN3. The Balaban J connectivity index is 2.09. The molecule has 1 aromatic heterocycles. The molecule has 1 heterocycles. The summed E-state index contributed by atoms with van der Waals surface area (Å²) in [6.07, 6.45) is 2.04. The molecule has 3 nitrogen and oxygen atoms in total. The summed E-state index contributed by atoms with van der Waals surface area (Å²) < 4.78 is 2.09. The predicted molar refractivity (Wildman–Crippen MR) is 71.4 cm³/mol. The van der Waals surface area contributed by atoms with E-state index in [1.165, 1.54) is 0 Å². The van der Waals surface area contributed by atoms with Crippen LogP contribution in [0.25, 0.3) is 0 Å². The van der Waals surface area contributed by atoms with Gasteiger partial charge in [0, 0.05) is 24.3 Å². The highest BCUT2D eigenvalue weighted by molar-refractivity contribution is 6.31. The van der Waals surface area contributed by atoms with Crippen molar-refractivity contribution < 1.29 is 0 Å². The smallest absolute Gasteiger partial charge is 0.203 e. The maximum absolute atomic E-state index is 6.10. The van der Waals surface area contributed by atoms with Crippen LogP contribution >= 0.6 is 11.6 Å². The Labute approximate surface area is 106 Å². The molecule has 0 radical (unpaired) electrons. The van der Waals surface area contributed by atoms with Crippen LogP contribution in [0, 0.1) is 6.92 Å². The van der Waals surface area contributed by atoms with Gasteiger partial charge in [0.15, 0.2) is 0 Å². The molecule has 0 amide bonds. The quantitative estimate of drug-likeness (QED) is 0.899. The molecule has 0 aliphatic rings. The van der Waals surface area contributed by atoms with Crippen LogP contribution in [0.3, 0.4) is 0 Å². The Morgan fingerprint density at radius 1 is 1.35 bits per heavy atom. The van der Waals surface area contributed by atoms with Gasteiger partial charge in [0.1, 0.15) is 0 Å². The third-order valence-electron chi connectivity index (χ3n) is 2.63. The van der Waals surface area contributed by atoms with E-state index in [2.05, 4.69) is 21.8 Å². The summed E-state index contributed by atoms with van der Waals surface area (Å²) in [7, 11) is 0. The zero-order valence-electron chi connectivity index (χ0n) is 10.1. The van der Waals surface area contributed by atoms with Gasteiger partial charge in [-0.25, -0.2) is 4.98 Å². The van der Waals surface area contributed by atoms with Crippen molar-refractivity contribution in [3.63, 3.8) is 0 Å². The lowest BCUT2D eigenvalue weighted by Gasteiger charge is -2.08. The second-order valence-corrected chi connectivity index (χ2v) is 4.34. The molecule has 1 aromatic carbocycles. The van der Waals surface area contributed by atoms with E-state index in [1.54, 1.807) is 0 Å². The summed E-state index contributed by atoms with van der Waals surface area (Å²) in [5.74, 6) is 0.893. The molecule has 0 unspecified atom stereocenters. The molecule has 17 heavy (non-hydrogen) atoms. The van der Waals surface area contributed by atoms with E-state index < -0.39 is 0 Å². The molecular weight excluding hydrogens is 234 g/mol. The zero-order chi connectivity index (χ0) is 12.3. The van der Waals surface area contributed by atoms with E-state index in [0.717, 1.165) is 28.8 Å². The van der Waals surface area contributed by atoms with E-state index in [9.17, 15) is 0 Å². The molecule has 1 N–H and O–H groups in total. The Morgan fingerprint density at radius 2 is 2.12 bits per heavy atom. The minimum absolute atomic E-state index is 0.691. The summed E-state index contributed by atoms with van der Waals surface area (Å²) in [6, 6.07) is 7.83. The molecule has 90 valence electrons. The van der Waals surface area contributed by atoms with E-state index in [4.69, 9.17) is 11.6 Å². The maximum Gasteiger partial charge on any atom is 0.203 e. The van der Waals surface area contributed by atoms with Gasteiger partial charge in [-0.05, 0) is 25.5 Å². The molecule has 0 fully saturated rings. The first kappa shape index (κ1) is 12.0. The number of halogens is 1. The molecule has 0 saturated carbocycles. The average Bonchev–Trinajstić information content (AvgIpc) is 2.69. The molecule has 0 aliphatic carbocycles. The molecule has 0 saturated heterocycles. The number of aromatic nitrogens is 2. The fourth-order valence-electron chi connectivity index (χ4n) is 1.74. The maximum atomic E-state index is 6.10. The number of rotatable bonds is 4. The third kappa shape index (κ3) is 2.80. The lowest BCUT2D eigenvalue weighted by atomic mass is 10.2. The van der Waals surface area contributed by atoms with Crippen LogP contribution in [0.5, 0.6) is 0 Å². The van der Waals surface area contributed by atoms with Crippen molar-refractivity contribution in [2.45, 2.75) is 26.9 Å². The number of benzene rings is 1. The monoisotopic (exact) mass is 249 g/mol. The highest BCUT2D eigenvalue weighted by Crippen LogP contribution is 2.16. The average molecular weight is 250 g/mol. The SMILES string of the molecule is CCn1cc(C)nc1NCc1ccccc1Cl. The fraction of sp³-hybridized carbons (Fsp3) is 0.308. The molecule has 0 aliphatic heterocycles. The number of anilines is 1. The number of nitrogens with one attached hydrogen (secondary N) is 1. The molecule has 2 aromatic rings. The Kier molecular flexibility index (Phi) is 3.69. The topological polar surface area (TPSA) is 29.9 Å². The highest BCUT2D eigenvalue weighted by atomic mass is 35.5. The number of hydrogen-bond acceptors (Lipinski definition) is 2. The minimum Gasteiger partial charge on any atom is -0.352 e. The van der Waals surface area contributed by atoms with Crippen molar-refractivity contribution in [3.8, 4) is 0 Å². The fourth-order valence-corrected chi connectivity index (χ4v) is 1.95. The van der Waals surface area contributed by atoms with Crippen LogP contribution < -0.4 is 5.32 Å². The lowest BCUT2D eigenvalue weighted by Crippen LogP contribution is -2.06. The van der Waals surface area contributed by atoms with E-state index in [0.29, 0.717) is 6.54 Å². The van der Waals surface area contributed by atoms with Gasteiger partial charge in [-0.3, -0.25) is 0 Å². The van der Waals surface area contributed by atoms with Crippen molar-refractivity contribution in [1.29, 1.82) is 0 Å². The number of hydrogen-bond donors (Lipinski definition) is 1. The Hall–Kier alpha value is -1.48. The lowest BCUT2D eigenvalue weighted by molar-refractivity contribution is 0.763. The number of nitrogens with zero attached hydrogens (tertiary/aromatic N) is 2. The van der Waals surface area contributed by atoms with E-state index in [1.807, 2.05) is 37.4 Å². The van der Waals surface area contributed by atoms with Gasteiger partial charge in [0.05, 0.1) is 5.69 Å². The second-order valence-electron chi connectivity index (χ2n) is 3.94. The zero-order valence-corrected chi connectivity index (χ0v) is 10.8. The number of aryl methyl sites for hydroxylation is 2. The third-order valence-corrected chi connectivity index (χ3v) is 3.00. The van der Waals surface area contributed by atoms with Gasteiger partial charge in [0.2, 0.25) is 5.95 Å². The van der Waals surface area contributed by atoms with Crippen molar-refractivity contribution in [1.82, 2.24) is 9.55 Å². The summed E-state index contributed by atoms with van der Waals surface area (Å²) in [5.41, 5.74) is 2.10. The normalized spacial score (nSPS) is 10.5. The molecule has 0 atom stereocenters. The standard InChI is InChI=1S/C13H16ClN3/c1-3-17-9-10(2)16-13(17)15-8-11-6-4-5-7-12(11)14/h4-7,9H,3,8H2,1-2H3,(H,15,16). The van der Waals surface area contributed by atoms with Gasteiger partial charge < -0.3 is 9.88 Å². The Bertz CT molecular complexity index is 505. The molecule has 0 bridgehead atoms. The van der Waals surface area contributed by atoms with Crippen LogP contribution in [0.2, 0.25) is 5.02 Å². The van der Waals surface area contributed by atoms with Crippen molar-refractivity contribution in [2.75, 3.05) is 5.32 Å². The van der Waals surface area contributed by atoms with Gasteiger partial charge in [-0.2, -0.15) is 0 Å². The van der Waals surface area contributed by atoms with Gasteiger partial charge >= 0.3 is 0 Å². The largest absolute Gasteiger partial charge is 0.352 e. The van der Waals surface area contributed by atoms with Gasteiger partial charge in [-0.1, -0.05) is 29.8 Å². The van der Waals surface area contributed by atoms with Crippen LogP contribution in [-0.2, 0) is 13.1 Å². The highest BCUT2D eigenvalue weighted by Gasteiger charge is 2.04. The summed E-state index contributed by atoms with van der Waals surface area (Å²) >= 11 is 6.10. The first-order valence-corrected chi connectivity index (χ1v) is 6.09. The summed E-state index contributed by atoms with van der Waals surface area (Å²) in [4.78, 5) is 4.43. The van der Waals surface area contributed by atoms with Crippen LogP contribution in [0.1, 0.15) is 18.2 Å². The van der Waals surface area contributed by atoms with Crippen LogP contribution in [0.4, 0.5) is 5.95 Å². The summed E-state index contributed by atoms with van der Waals surface area (Å²) in [5, 5.41) is 4.09. The van der Waals surface area contributed by atoms with Gasteiger partial charge in [-0.15, -0.1) is 0 Å². The molecule has 2 rings (SSSR count). The number of imidazole rings is 1. The van der Waals surface area contributed by atoms with E-state index in [-0.39, 0.29) is 0 Å². The van der Waals surface area contributed by atoms with Crippen molar-refractivity contribution in [2.24, 2.45) is 0 Å². The summed E-state index contributed by atoms with van der Waals surface area (Å²) in [6.45, 7) is 5.69. The Morgan fingerprint density at radius 3 is 2.82 bits per heavy atom. The van der Waals surface area contributed by atoms with Gasteiger partial charge in [0.25, 0.3) is 0 Å². The van der Waals surface area contributed by atoms with Crippen LogP contribution in [0.15, 0.2) is 30.5 Å². The predicted octanol–water partition coefficient (Wildman–Crippen LogP) is 3.48. The first-order valence-electron chi connectivity index (χ1n) is 5.71. The molecule has 4 heteroatoms. The molecule has 0 spiro atoms. The van der Waals surface area contributed by atoms with Crippen LogP contribution in [-0.4, -0.2) is 9.55 Å².